The van der Waals surface area contributed by atoms with Gasteiger partial charge < -0.3 is 10.1 Å². The molecule has 1 rings (SSSR count). The fourth-order valence-electron chi connectivity index (χ4n) is 1.92. The van der Waals surface area contributed by atoms with Crippen molar-refractivity contribution in [2.45, 2.75) is 39.0 Å². The Kier molecular flexibility index (Phi) is 6.71. The summed E-state index contributed by atoms with van der Waals surface area (Å²) in [6.45, 7) is 3.10. The van der Waals surface area contributed by atoms with Gasteiger partial charge in [-0.15, -0.1) is 0 Å². The van der Waals surface area contributed by atoms with Crippen LogP contribution in [0.25, 0.3) is 0 Å². The average molecular weight is 246 g/mol. The predicted octanol–water partition coefficient (Wildman–Crippen LogP) is 3.95. The van der Waals surface area contributed by atoms with Crippen molar-refractivity contribution in [3.05, 3.63) is 23.8 Å². The molecule has 98 valence electrons. The van der Waals surface area contributed by atoms with Gasteiger partial charge in [0.15, 0.2) is 0 Å². The number of methoxy groups -OCH3 is 1. The molecular formula is C15H22N2O. The number of benzene rings is 1. The first-order valence-corrected chi connectivity index (χ1v) is 6.64. The van der Waals surface area contributed by atoms with Crippen molar-refractivity contribution in [3.63, 3.8) is 0 Å². The zero-order valence-electron chi connectivity index (χ0n) is 11.3. The van der Waals surface area contributed by atoms with Gasteiger partial charge in [0, 0.05) is 6.54 Å². The van der Waals surface area contributed by atoms with Crippen LogP contribution in [0.1, 0.15) is 44.6 Å². The summed E-state index contributed by atoms with van der Waals surface area (Å²) >= 11 is 0. The third-order valence-corrected chi connectivity index (χ3v) is 2.95. The Morgan fingerprint density at radius 1 is 1.22 bits per heavy atom. The summed E-state index contributed by atoms with van der Waals surface area (Å²) in [6.07, 6.45) is 6.21. The minimum absolute atomic E-state index is 0.642. The first-order chi connectivity index (χ1) is 8.83. The highest BCUT2D eigenvalue weighted by atomic mass is 16.5. The molecule has 0 saturated carbocycles. The lowest BCUT2D eigenvalue weighted by Gasteiger charge is -2.12. The lowest BCUT2D eigenvalue weighted by Crippen LogP contribution is -2.05. The fourth-order valence-corrected chi connectivity index (χ4v) is 1.92. The highest BCUT2D eigenvalue weighted by molar-refractivity contribution is 5.66. The van der Waals surface area contributed by atoms with Crippen molar-refractivity contribution < 1.29 is 4.74 Å². The Morgan fingerprint density at radius 2 is 2.00 bits per heavy atom. The summed E-state index contributed by atoms with van der Waals surface area (Å²) in [5.41, 5.74) is 1.46. The zero-order chi connectivity index (χ0) is 13.2. The monoisotopic (exact) mass is 246 g/mol. The van der Waals surface area contributed by atoms with E-state index in [1.807, 2.05) is 18.2 Å². The average Bonchev–Trinajstić information content (AvgIpc) is 2.42. The van der Waals surface area contributed by atoms with Crippen molar-refractivity contribution in [1.29, 1.82) is 5.26 Å². The highest BCUT2D eigenvalue weighted by Gasteiger charge is 2.07. The molecule has 3 nitrogen and oxygen atoms in total. The van der Waals surface area contributed by atoms with E-state index in [4.69, 9.17) is 10.00 Å². The van der Waals surface area contributed by atoms with Gasteiger partial charge in [0.2, 0.25) is 0 Å². The molecule has 0 fully saturated rings. The Labute approximate surface area is 110 Å². The van der Waals surface area contributed by atoms with E-state index in [1.54, 1.807) is 7.11 Å². The van der Waals surface area contributed by atoms with Gasteiger partial charge in [0.1, 0.15) is 11.8 Å². The topological polar surface area (TPSA) is 45.0 Å². The number of para-hydroxylation sites is 1. The standard InChI is InChI=1S/C15H22N2O/c1-3-4-5-6-7-11-17-15-13(12-16)9-8-10-14(15)18-2/h8-10,17H,3-7,11H2,1-2H3. The van der Waals surface area contributed by atoms with Crippen LogP contribution in [0.2, 0.25) is 0 Å². The maximum Gasteiger partial charge on any atom is 0.143 e. The highest BCUT2D eigenvalue weighted by Crippen LogP contribution is 2.27. The Hall–Kier alpha value is -1.69. The lowest BCUT2D eigenvalue weighted by atomic mass is 10.1. The number of anilines is 1. The van der Waals surface area contributed by atoms with E-state index in [1.165, 1.54) is 25.7 Å². The van der Waals surface area contributed by atoms with Crippen LogP contribution in [0.3, 0.4) is 0 Å². The summed E-state index contributed by atoms with van der Waals surface area (Å²) in [5, 5.41) is 12.4. The molecular weight excluding hydrogens is 224 g/mol. The van der Waals surface area contributed by atoms with Gasteiger partial charge in [0.05, 0.1) is 18.4 Å². The fraction of sp³-hybridized carbons (Fsp3) is 0.533. The van der Waals surface area contributed by atoms with Gasteiger partial charge in [-0.3, -0.25) is 0 Å². The molecule has 0 amide bonds. The Morgan fingerprint density at radius 3 is 2.67 bits per heavy atom. The molecule has 0 aliphatic carbocycles. The van der Waals surface area contributed by atoms with E-state index in [0.29, 0.717) is 5.56 Å². The molecule has 0 aromatic heterocycles. The summed E-state index contributed by atoms with van der Waals surface area (Å²) < 4.78 is 5.27. The number of nitrogens with zero attached hydrogens (tertiary/aromatic N) is 1. The van der Waals surface area contributed by atoms with Gasteiger partial charge in [-0.25, -0.2) is 0 Å². The number of unbranched alkanes of at least 4 members (excludes halogenated alkanes) is 4. The van der Waals surface area contributed by atoms with E-state index < -0.39 is 0 Å². The smallest absolute Gasteiger partial charge is 0.143 e. The second kappa shape index (κ2) is 8.41. The van der Waals surface area contributed by atoms with Crippen molar-refractivity contribution >= 4 is 5.69 Å². The van der Waals surface area contributed by atoms with E-state index in [9.17, 15) is 0 Å². The number of hydrogen-bond acceptors (Lipinski definition) is 3. The molecule has 1 N–H and O–H groups in total. The second-order valence-electron chi connectivity index (χ2n) is 4.34. The zero-order valence-corrected chi connectivity index (χ0v) is 11.3. The molecule has 0 aliphatic heterocycles. The molecule has 0 bridgehead atoms. The van der Waals surface area contributed by atoms with Crippen LogP contribution in [0, 0.1) is 11.3 Å². The van der Waals surface area contributed by atoms with E-state index in [0.717, 1.165) is 24.4 Å². The summed E-state index contributed by atoms with van der Waals surface area (Å²) in [7, 11) is 1.63. The second-order valence-corrected chi connectivity index (χ2v) is 4.34. The minimum Gasteiger partial charge on any atom is -0.495 e. The molecule has 18 heavy (non-hydrogen) atoms. The lowest BCUT2D eigenvalue weighted by molar-refractivity contribution is 0.416. The van der Waals surface area contributed by atoms with Gasteiger partial charge in [-0.1, -0.05) is 38.7 Å². The van der Waals surface area contributed by atoms with Gasteiger partial charge >= 0.3 is 0 Å². The number of ether oxygens (including phenoxy) is 1. The quantitative estimate of drug-likeness (QED) is 0.706. The van der Waals surface area contributed by atoms with Gasteiger partial charge in [-0.05, 0) is 18.6 Å². The number of hydrogen-bond donors (Lipinski definition) is 1. The van der Waals surface area contributed by atoms with Crippen LogP contribution in [-0.2, 0) is 0 Å². The van der Waals surface area contributed by atoms with E-state index in [-0.39, 0.29) is 0 Å². The van der Waals surface area contributed by atoms with Crippen LogP contribution in [0.4, 0.5) is 5.69 Å². The predicted molar refractivity (Wildman–Crippen MR) is 75.0 cm³/mol. The SMILES string of the molecule is CCCCCCCNc1c(C#N)cccc1OC. The third-order valence-electron chi connectivity index (χ3n) is 2.95. The molecule has 0 spiro atoms. The van der Waals surface area contributed by atoms with Crippen LogP contribution < -0.4 is 10.1 Å². The van der Waals surface area contributed by atoms with Crippen LogP contribution >= 0.6 is 0 Å². The van der Waals surface area contributed by atoms with E-state index in [2.05, 4.69) is 18.3 Å². The first-order valence-electron chi connectivity index (χ1n) is 6.64. The maximum absolute atomic E-state index is 9.07. The van der Waals surface area contributed by atoms with Crippen molar-refractivity contribution in [2.24, 2.45) is 0 Å². The number of nitriles is 1. The minimum atomic E-state index is 0.642. The van der Waals surface area contributed by atoms with Crippen molar-refractivity contribution in [1.82, 2.24) is 0 Å². The van der Waals surface area contributed by atoms with Gasteiger partial charge in [-0.2, -0.15) is 5.26 Å². The molecule has 3 heteroatoms. The first kappa shape index (κ1) is 14.4. The largest absolute Gasteiger partial charge is 0.495 e. The summed E-state index contributed by atoms with van der Waals surface area (Å²) in [4.78, 5) is 0. The van der Waals surface area contributed by atoms with Crippen molar-refractivity contribution in [2.75, 3.05) is 19.0 Å². The van der Waals surface area contributed by atoms with Crippen LogP contribution in [-0.4, -0.2) is 13.7 Å². The molecule has 0 aliphatic rings. The Bertz CT molecular complexity index is 396. The van der Waals surface area contributed by atoms with Crippen LogP contribution in [0.5, 0.6) is 5.75 Å². The van der Waals surface area contributed by atoms with Gasteiger partial charge in [0.25, 0.3) is 0 Å². The molecule has 0 saturated heterocycles. The molecule has 0 unspecified atom stereocenters. The molecule has 0 radical (unpaired) electrons. The number of rotatable bonds is 8. The normalized spacial score (nSPS) is 9.83. The molecule has 0 atom stereocenters. The molecule has 1 aromatic rings. The third kappa shape index (κ3) is 4.29. The number of nitrogens with one attached hydrogen (secondary N) is 1. The molecule has 0 heterocycles. The summed E-state index contributed by atoms with van der Waals surface area (Å²) in [6, 6.07) is 7.71. The summed E-state index contributed by atoms with van der Waals surface area (Å²) in [5.74, 6) is 0.739. The van der Waals surface area contributed by atoms with E-state index >= 15 is 0 Å². The van der Waals surface area contributed by atoms with Crippen LogP contribution in [0.15, 0.2) is 18.2 Å². The molecule has 1 aromatic carbocycles. The maximum atomic E-state index is 9.07. The Balaban J connectivity index is 2.48. The van der Waals surface area contributed by atoms with Crippen molar-refractivity contribution in [3.8, 4) is 11.8 Å².